The maximum absolute atomic E-state index is 9.97. The number of aromatic nitrogens is 6. The van der Waals surface area contributed by atoms with Crippen LogP contribution >= 0.6 is 11.6 Å². The van der Waals surface area contributed by atoms with E-state index in [0.29, 0.717) is 36.8 Å². The van der Waals surface area contributed by atoms with Gasteiger partial charge in [0.15, 0.2) is 5.82 Å². The van der Waals surface area contributed by atoms with E-state index in [9.17, 15) is 5.11 Å². The van der Waals surface area contributed by atoms with Crippen molar-refractivity contribution in [3.63, 3.8) is 0 Å². The molecule has 0 radical (unpaired) electrons. The number of rotatable bonds is 7. The molecule has 0 saturated carbocycles. The van der Waals surface area contributed by atoms with Crippen molar-refractivity contribution in [2.45, 2.75) is 39.0 Å². The first-order valence-corrected chi connectivity index (χ1v) is 8.19. The van der Waals surface area contributed by atoms with Gasteiger partial charge in [0.05, 0.1) is 12.6 Å². The van der Waals surface area contributed by atoms with Gasteiger partial charge in [-0.1, -0.05) is 30.7 Å². The molecule has 7 nitrogen and oxygen atoms in total. The Morgan fingerprint density at radius 1 is 1.33 bits per heavy atom. The molecule has 1 N–H and O–H groups in total. The molecule has 0 spiro atoms. The Morgan fingerprint density at radius 2 is 2.21 bits per heavy atom. The Morgan fingerprint density at radius 3 is 2.92 bits per heavy atom. The molecule has 0 bridgehead atoms. The van der Waals surface area contributed by atoms with Crippen molar-refractivity contribution in [3.05, 3.63) is 59.2 Å². The molecule has 8 heteroatoms. The zero-order valence-corrected chi connectivity index (χ0v) is 14.1. The molecule has 2 heterocycles. The molecular weight excluding hydrogens is 328 g/mol. The summed E-state index contributed by atoms with van der Waals surface area (Å²) >= 11 is 6.06. The summed E-state index contributed by atoms with van der Waals surface area (Å²) in [5, 5.41) is 19.3. The van der Waals surface area contributed by atoms with E-state index in [-0.39, 0.29) is 0 Å². The van der Waals surface area contributed by atoms with E-state index in [1.807, 2.05) is 31.2 Å². The zero-order chi connectivity index (χ0) is 16.9. The molecule has 2 aromatic heterocycles. The normalized spacial score (nSPS) is 12.5. The van der Waals surface area contributed by atoms with Crippen LogP contribution in [0.3, 0.4) is 0 Å². The molecule has 3 rings (SSSR count). The van der Waals surface area contributed by atoms with Crippen molar-refractivity contribution in [1.82, 2.24) is 29.5 Å². The van der Waals surface area contributed by atoms with E-state index >= 15 is 0 Å². The van der Waals surface area contributed by atoms with Crippen molar-refractivity contribution in [2.24, 2.45) is 0 Å². The molecule has 126 valence electrons. The summed E-state index contributed by atoms with van der Waals surface area (Å²) in [4.78, 5) is 8.53. The molecule has 24 heavy (non-hydrogen) atoms. The van der Waals surface area contributed by atoms with Crippen LogP contribution in [-0.4, -0.2) is 40.7 Å². The van der Waals surface area contributed by atoms with Crippen LogP contribution in [0.5, 0.6) is 0 Å². The van der Waals surface area contributed by atoms with Crippen LogP contribution in [0.25, 0.3) is 0 Å². The lowest BCUT2D eigenvalue weighted by Crippen LogP contribution is -2.18. The minimum atomic E-state index is -0.455. The molecule has 0 saturated heterocycles. The van der Waals surface area contributed by atoms with Crippen molar-refractivity contribution < 1.29 is 5.11 Å². The Bertz CT molecular complexity index is 786. The highest BCUT2D eigenvalue weighted by Crippen LogP contribution is 2.15. The van der Waals surface area contributed by atoms with Gasteiger partial charge in [0.2, 0.25) is 0 Å². The van der Waals surface area contributed by atoms with Crippen LogP contribution in [0.1, 0.15) is 30.6 Å². The lowest BCUT2D eigenvalue weighted by molar-refractivity contribution is 0.143. The van der Waals surface area contributed by atoms with Gasteiger partial charge in [-0.2, -0.15) is 10.2 Å². The van der Waals surface area contributed by atoms with Gasteiger partial charge in [-0.25, -0.2) is 19.3 Å². The zero-order valence-electron chi connectivity index (χ0n) is 13.4. The topological polar surface area (TPSA) is 81.6 Å². The lowest BCUT2D eigenvalue weighted by atomic mass is 10.1. The molecule has 0 aliphatic rings. The largest absolute Gasteiger partial charge is 0.391 e. The van der Waals surface area contributed by atoms with Crippen LogP contribution < -0.4 is 0 Å². The smallest absolute Gasteiger partial charge is 0.172 e. The number of hydrogen-bond acceptors (Lipinski definition) is 5. The molecule has 0 fully saturated rings. The van der Waals surface area contributed by atoms with Gasteiger partial charge in [-0.05, 0) is 24.1 Å². The first-order chi connectivity index (χ1) is 11.6. The second-order valence-corrected chi connectivity index (χ2v) is 6.02. The van der Waals surface area contributed by atoms with E-state index in [2.05, 4.69) is 20.2 Å². The van der Waals surface area contributed by atoms with E-state index in [1.54, 1.807) is 15.7 Å². The quantitative estimate of drug-likeness (QED) is 0.707. The summed E-state index contributed by atoms with van der Waals surface area (Å²) in [6, 6.07) is 7.66. The minimum Gasteiger partial charge on any atom is -0.391 e. The monoisotopic (exact) mass is 346 g/mol. The maximum Gasteiger partial charge on any atom is 0.172 e. The third kappa shape index (κ3) is 4.18. The van der Waals surface area contributed by atoms with Gasteiger partial charge in [-0.3, -0.25) is 0 Å². The van der Waals surface area contributed by atoms with Crippen molar-refractivity contribution in [2.75, 3.05) is 0 Å². The molecule has 0 unspecified atom stereocenters. The maximum atomic E-state index is 9.97. The number of nitrogens with zero attached hydrogens (tertiary/aromatic N) is 6. The molecule has 0 amide bonds. The highest BCUT2D eigenvalue weighted by molar-refractivity contribution is 6.30. The van der Waals surface area contributed by atoms with Gasteiger partial charge in [0.1, 0.15) is 25.0 Å². The number of benzene rings is 1. The minimum absolute atomic E-state index is 0.413. The van der Waals surface area contributed by atoms with E-state index in [0.717, 1.165) is 11.4 Å². The average Bonchev–Trinajstić information content (AvgIpc) is 3.18. The standard InChI is InChI=1S/C16H19ClN6O/c1-2-14(24)8-23-16(7-12-4-3-5-13(17)6-12)20-15(21-23)9-22-11-18-10-19-22/h3-6,10-11,14,24H,2,7-9H2,1H3/t14-/m0/s1. The Balaban J connectivity index is 1.85. The fourth-order valence-electron chi connectivity index (χ4n) is 2.39. The van der Waals surface area contributed by atoms with Crippen molar-refractivity contribution in [1.29, 1.82) is 0 Å². The van der Waals surface area contributed by atoms with Crippen molar-refractivity contribution in [3.8, 4) is 0 Å². The van der Waals surface area contributed by atoms with E-state index in [4.69, 9.17) is 11.6 Å². The lowest BCUT2D eigenvalue weighted by Gasteiger charge is -2.10. The third-order valence-corrected chi connectivity index (χ3v) is 3.90. The molecule has 1 aromatic carbocycles. The summed E-state index contributed by atoms with van der Waals surface area (Å²) in [7, 11) is 0. The van der Waals surface area contributed by atoms with Gasteiger partial charge in [-0.15, -0.1) is 0 Å². The second kappa shape index (κ2) is 7.55. The predicted molar refractivity (Wildman–Crippen MR) is 89.7 cm³/mol. The van der Waals surface area contributed by atoms with Gasteiger partial charge < -0.3 is 5.11 Å². The fourth-order valence-corrected chi connectivity index (χ4v) is 2.60. The van der Waals surface area contributed by atoms with Crippen LogP contribution in [-0.2, 0) is 19.5 Å². The SMILES string of the molecule is CC[C@H](O)Cn1nc(Cn2cncn2)nc1Cc1cccc(Cl)c1. The number of aliphatic hydroxyl groups is 1. The summed E-state index contributed by atoms with van der Waals surface area (Å²) in [6.07, 6.45) is 3.91. The Kier molecular flexibility index (Phi) is 5.22. The van der Waals surface area contributed by atoms with Gasteiger partial charge in [0.25, 0.3) is 0 Å². The average molecular weight is 347 g/mol. The van der Waals surface area contributed by atoms with Gasteiger partial charge in [0, 0.05) is 11.4 Å². The summed E-state index contributed by atoms with van der Waals surface area (Å²) < 4.78 is 3.43. The summed E-state index contributed by atoms with van der Waals surface area (Å²) in [5.41, 5.74) is 1.05. The van der Waals surface area contributed by atoms with Crippen molar-refractivity contribution >= 4 is 11.6 Å². The Hall–Kier alpha value is -2.25. The molecular formula is C16H19ClN6O. The fraction of sp³-hybridized carbons (Fsp3) is 0.375. The summed E-state index contributed by atoms with van der Waals surface area (Å²) in [6.45, 7) is 2.79. The highest BCUT2D eigenvalue weighted by atomic mass is 35.5. The van der Waals surface area contributed by atoms with E-state index in [1.165, 1.54) is 6.33 Å². The molecule has 3 aromatic rings. The summed E-state index contributed by atoms with van der Waals surface area (Å²) in [5.74, 6) is 1.43. The number of hydrogen-bond donors (Lipinski definition) is 1. The number of halogens is 1. The molecule has 1 atom stereocenters. The first kappa shape index (κ1) is 16.6. The Labute approximate surface area is 144 Å². The number of aliphatic hydroxyl groups excluding tert-OH is 1. The van der Waals surface area contributed by atoms with Crippen LogP contribution in [0.2, 0.25) is 5.02 Å². The molecule has 0 aliphatic heterocycles. The van der Waals surface area contributed by atoms with E-state index < -0.39 is 6.10 Å². The second-order valence-electron chi connectivity index (χ2n) is 5.59. The third-order valence-electron chi connectivity index (χ3n) is 3.67. The van der Waals surface area contributed by atoms with Crippen LogP contribution in [0.4, 0.5) is 0 Å². The van der Waals surface area contributed by atoms with Gasteiger partial charge >= 0.3 is 0 Å². The molecule has 0 aliphatic carbocycles. The highest BCUT2D eigenvalue weighted by Gasteiger charge is 2.14. The first-order valence-electron chi connectivity index (χ1n) is 7.81. The van der Waals surface area contributed by atoms with Crippen LogP contribution in [0, 0.1) is 0 Å². The van der Waals surface area contributed by atoms with Crippen LogP contribution in [0.15, 0.2) is 36.9 Å². The predicted octanol–water partition coefficient (Wildman–Crippen LogP) is 1.93.